The number of hydrogen-bond acceptors (Lipinski definition) is 7. The van der Waals surface area contributed by atoms with Gasteiger partial charge in [-0.25, -0.2) is 4.57 Å². The van der Waals surface area contributed by atoms with E-state index in [-0.39, 0.29) is 19.6 Å². The van der Waals surface area contributed by atoms with E-state index in [2.05, 4.69) is 54.8 Å². The van der Waals surface area contributed by atoms with E-state index in [1.165, 1.54) is 25.7 Å². The standard InChI is InChI=1S/C44H58NO7P/c1-2-3-4-5-6-7-8-9-10-11-12-13-14-15-16-17-27-34-43(47)52-42(37-46)38-51-53(48,49)50-36-35-45-44(39-28-21-18-22-29-39,40-30-23-19-24-31-40)41-32-25-20-26-33-41/h6-7,9-10,12-13,15-16,18-26,28-33,42,45-46H,2-5,8,11,14,17,27,34-38H2,1H3,(H,48,49)/t42-/m0/s1. The van der Waals surface area contributed by atoms with Crippen molar-refractivity contribution in [2.75, 3.05) is 26.4 Å². The lowest BCUT2D eigenvalue weighted by Gasteiger charge is -2.37. The van der Waals surface area contributed by atoms with Crippen molar-refractivity contribution in [3.8, 4) is 0 Å². The van der Waals surface area contributed by atoms with Crippen molar-refractivity contribution in [1.82, 2.24) is 5.32 Å². The molecule has 0 aliphatic carbocycles. The number of hydrogen-bond donors (Lipinski definition) is 3. The molecule has 53 heavy (non-hydrogen) atoms. The number of ether oxygens (including phenoxy) is 1. The van der Waals surface area contributed by atoms with Gasteiger partial charge in [-0.2, -0.15) is 0 Å². The summed E-state index contributed by atoms with van der Waals surface area (Å²) in [5.74, 6) is -0.513. The summed E-state index contributed by atoms with van der Waals surface area (Å²) in [6.45, 7) is 1.23. The molecule has 2 atom stereocenters. The van der Waals surface area contributed by atoms with Gasteiger partial charge in [0.05, 0.1) is 25.4 Å². The third-order valence-electron chi connectivity index (χ3n) is 8.50. The van der Waals surface area contributed by atoms with Gasteiger partial charge in [0.2, 0.25) is 0 Å². The van der Waals surface area contributed by atoms with Gasteiger partial charge in [0.25, 0.3) is 0 Å². The lowest BCUT2D eigenvalue weighted by atomic mass is 9.77. The molecule has 3 N–H and O–H groups in total. The van der Waals surface area contributed by atoms with Crippen LogP contribution in [0.25, 0.3) is 0 Å². The summed E-state index contributed by atoms with van der Waals surface area (Å²) in [6, 6.07) is 29.9. The van der Waals surface area contributed by atoms with Gasteiger partial charge >= 0.3 is 13.8 Å². The number of carbonyl (C=O) groups is 1. The Kier molecular flexibility index (Phi) is 21.3. The van der Waals surface area contributed by atoms with Crippen LogP contribution in [0.4, 0.5) is 0 Å². The maximum atomic E-state index is 12.7. The minimum atomic E-state index is -4.52. The predicted octanol–water partition coefficient (Wildman–Crippen LogP) is 9.75. The summed E-state index contributed by atoms with van der Waals surface area (Å²) in [6.07, 6.45) is 25.3. The molecule has 0 amide bonds. The highest BCUT2D eigenvalue weighted by atomic mass is 31.2. The van der Waals surface area contributed by atoms with E-state index in [0.29, 0.717) is 12.8 Å². The van der Waals surface area contributed by atoms with E-state index in [9.17, 15) is 19.4 Å². The number of carbonyl (C=O) groups excluding carboxylic acids is 1. The number of phosphoric ester groups is 1. The number of esters is 1. The molecule has 0 aliphatic rings. The molecule has 0 spiro atoms. The Labute approximate surface area is 316 Å². The Bertz CT molecular complexity index is 1480. The van der Waals surface area contributed by atoms with Gasteiger partial charge < -0.3 is 14.7 Å². The quantitative estimate of drug-likeness (QED) is 0.0233. The summed E-state index contributed by atoms with van der Waals surface area (Å²) in [5.41, 5.74) is 2.21. The first-order chi connectivity index (χ1) is 25.9. The molecule has 3 rings (SSSR count). The molecule has 0 aromatic heterocycles. The highest BCUT2D eigenvalue weighted by molar-refractivity contribution is 7.47. The van der Waals surface area contributed by atoms with Crippen LogP contribution in [0, 0.1) is 0 Å². The zero-order chi connectivity index (χ0) is 37.9. The molecule has 0 aliphatic heterocycles. The van der Waals surface area contributed by atoms with E-state index in [4.69, 9.17) is 13.8 Å². The minimum Gasteiger partial charge on any atom is -0.457 e. The molecule has 0 saturated carbocycles. The zero-order valence-corrected chi connectivity index (χ0v) is 32.0. The van der Waals surface area contributed by atoms with Gasteiger partial charge in [0.15, 0.2) is 0 Å². The van der Waals surface area contributed by atoms with E-state index >= 15 is 0 Å². The van der Waals surface area contributed by atoms with Gasteiger partial charge in [-0.05, 0) is 61.6 Å². The summed E-state index contributed by atoms with van der Waals surface area (Å²) in [5, 5.41) is 13.3. The molecule has 0 saturated heterocycles. The summed E-state index contributed by atoms with van der Waals surface area (Å²) in [7, 11) is -4.52. The van der Waals surface area contributed by atoms with Crippen LogP contribution in [-0.4, -0.2) is 48.4 Å². The number of aliphatic hydroxyl groups excluding tert-OH is 1. The fraction of sp³-hybridized carbons (Fsp3) is 0.386. The van der Waals surface area contributed by atoms with Crippen LogP contribution >= 0.6 is 7.82 Å². The maximum Gasteiger partial charge on any atom is 0.472 e. The normalized spacial score (nSPS) is 14.0. The second-order valence-electron chi connectivity index (χ2n) is 12.6. The molecule has 8 nitrogen and oxygen atoms in total. The molecule has 286 valence electrons. The van der Waals surface area contributed by atoms with Crippen molar-refractivity contribution in [3.05, 3.63) is 156 Å². The Hall–Kier alpha value is -3.88. The van der Waals surface area contributed by atoms with Crippen LogP contribution in [0.1, 0.15) is 87.8 Å². The van der Waals surface area contributed by atoms with Crippen LogP contribution in [-0.2, 0) is 28.7 Å². The van der Waals surface area contributed by atoms with Gasteiger partial charge in [-0.15, -0.1) is 0 Å². The predicted molar refractivity (Wildman–Crippen MR) is 214 cm³/mol. The summed E-state index contributed by atoms with van der Waals surface area (Å²) < 4.78 is 28.4. The molecule has 0 heterocycles. The van der Waals surface area contributed by atoms with Gasteiger partial charge in [-0.3, -0.25) is 19.2 Å². The summed E-state index contributed by atoms with van der Waals surface area (Å²) in [4.78, 5) is 22.7. The van der Waals surface area contributed by atoms with E-state index in [0.717, 1.165) is 36.0 Å². The second-order valence-corrected chi connectivity index (χ2v) is 14.1. The van der Waals surface area contributed by atoms with Crippen LogP contribution in [0.3, 0.4) is 0 Å². The molecule has 9 heteroatoms. The Morgan fingerprint density at radius 3 is 1.66 bits per heavy atom. The summed E-state index contributed by atoms with van der Waals surface area (Å²) >= 11 is 0. The first-order valence-corrected chi connectivity index (χ1v) is 20.3. The van der Waals surface area contributed by atoms with Crippen molar-refractivity contribution in [2.24, 2.45) is 0 Å². The lowest BCUT2D eigenvalue weighted by Crippen LogP contribution is -2.46. The SMILES string of the molecule is CCCCCC=CCC=CCC=CCC=CCCCC(=O)O[C@@H](CO)COP(=O)(O)OCCNC(c1ccccc1)(c1ccccc1)c1ccccc1. The molecule has 0 bridgehead atoms. The Morgan fingerprint density at radius 2 is 1.19 bits per heavy atom. The van der Waals surface area contributed by atoms with Gasteiger partial charge in [0.1, 0.15) is 6.10 Å². The van der Waals surface area contributed by atoms with Crippen molar-refractivity contribution in [3.63, 3.8) is 0 Å². The first-order valence-electron chi connectivity index (χ1n) is 18.8. The van der Waals surface area contributed by atoms with Crippen LogP contribution in [0.5, 0.6) is 0 Å². The Morgan fingerprint density at radius 1 is 0.717 bits per heavy atom. The third-order valence-corrected chi connectivity index (χ3v) is 9.49. The Balaban J connectivity index is 1.37. The lowest BCUT2D eigenvalue weighted by molar-refractivity contribution is -0.153. The number of phosphoric acid groups is 1. The fourth-order valence-electron chi connectivity index (χ4n) is 5.78. The number of allylic oxidation sites excluding steroid dienone is 8. The van der Waals surface area contributed by atoms with Gasteiger partial charge in [-0.1, -0.05) is 159 Å². The number of nitrogens with one attached hydrogen (secondary N) is 1. The molecule has 0 radical (unpaired) electrons. The molecule has 0 fully saturated rings. The first kappa shape index (κ1) is 43.5. The topological polar surface area (TPSA) is 114 Å². The highest BCUT2D eigenvalue weighted by Gasteiger charge is 2.36. The van der Waals surface area contributed by atoms with E-state index in [1.807, 2.05) is 97.1 Å². The molecule has 3 aromatic carbocycles. The fourth-order valence-corrected chi connectivity index (χ4v) is 6.53. The molecule has 1 unspecified atom stereocenters. The molecular weight excluding hydrogens is 685 g/mol. The van der Waals surface area contributed by atoms with E-state index in [1.54, 1.807) is 0 Å². The van der Waals surface area contributed by atoms with Crippen molar-refractivity contribution in [2.45, 2.75) is 82.8 Å². The third kappa shape index (κ3) is 16.8. The number of aliphatic hydroxyl groups is 1. The molecule has 3 aromatic rings. The maximum absolute atomic E-state index is 12.7. The van der Waals surface area contributed by atoms with Crippen molar-refractivity contribution < 1.29 is 33.1 Å². The molecular formula is C44H58NO7P. The van der Waals surface area contributed by atoms with Crippen molar-refractivity contribution in [1.29, 1.82) is 0 Å². The average Bonchev–Trinajstić information content (AvgIpc) is 3.19. The van der Waals surface area contributed by atoms with Crippen LogP contribution < -0.4 is 5.32 Å². The van der Waals surface area contributed by atoms with Crippen molar-refractivity contribution >= 4 is 13.8 Å². The number of unbranched alkanes of at least 4 members (excludes halogenated alkanes) is 4. The van der Waals surface area contributed by atoms with Gasteiger partial charge in [0, 0.05) is 13.0 Å². The highest BCUT2D eigenvalue weighted by Crippen LogP contribution is 2.43. The number of rotatable bonds is 27. The minimum absolute atomic E-state index is 0.150. The second kappa shape index (κ2) is 26.0. The van der Waals surface area contributed by atoms with Crippen LogP contribution in [0.15, 0.2) is 140 Å². The largest absolute Gasteiger partial charge is 0.472 e. The van der Waals surface area contributed by atoms with E-state index < -0.39 is 38.6 Å². The average molecular weight is 744 g/mol. The van der Waals surface area contributed by atoms with Crippen LogP contribution in [0.2, 0.25) is 0 Å². The zero-order valence-electron chi connectivity index (χ0n) is 31.1. The monoisotopic (exact) mass is 743 g/mol. The smallest absolute Gasteiger partial charge is 0.457 e. The number of benzene rings is 3.